The van der Waals surface area contributed by atoms with E-state index in [2.05, 4.69) is 4.98 Å². The van der Waals surface area contributed by atoms with Gasteiger partial charge in [-0.15, -0.1) is 0 Å². The van der Waals surface area contributed by atoms with Crippen LogP contribution in [0.25, 0.3) is 17.1 Å². The molecule has 1 aromatic heterocycles. The van der Waals surface area contributed by atoms with Crippen molar-refractivity contribution in [2.24, 2.45) is 0 Å². The molecule has 0 spiro atoms. The van der Waals surface area contributed by atoms with Crippen LogP contribution in [0.4, 0.5) is 0 Å². The monoisotopic (exact) mass is 269 g/mol. The summed E-state index contributed by atoms with van der Waals surface area (Å²) in [6.45, 7) is 0. The number of aliphatic carboxylic acids is 1. The molecular formula is C12H10N2NaO4. The summed E-state index contributed by atoms with van der Waals surface area (Å²) in [7, 11) is 1.50. The molecule has 0 aliphatic rings. The van der Waals surface area contributed by atoms with Crippen LogP contribution in [0.15, 0.2) is 35.4 Å². The molecular weight excluding hydrogens is 259 g/mol. The number of aromatic nitrogens is 2. The Morgan fingerprint density at radius 3 is 2.84 bits per heavy atom. The van der Waals surface area contributed by atoms with E-state index in [-0.39, 0.29) is 35.1 Å². The summed E-state index contributed by atoms with van der Waals surface area (Å²) >= 11 is 0. The third kappa shape index (κ3) is 3.44. The van der Waals surface area contributed by atoms with E-state index in [0.29, 0.717) is 16.7 Å². The van der Waals surface area contributed by atoms with Gasteiger partial charge in [0.05, 0.1) is 18.0 Å². The number of methoxy groups -OCH3 is 1. The van der Waals surface area contributed by atoms with Crippen molar-refractivity contribution in [2.75, 3.05) is 7.11 Å². The van der Waals surface area contributed by atoms with Crippen molar-refractivity contribution in [3.05, 3.63) is 41.0 Å². The van der Waals surface area contributed by atoms with Crippen LogP contribution in [-0.4, -0.2) is 57.3 Å². The minimum atomic E-state index is -1.13. The number of ether oxygens (including phenoxy) is 1. The fraction of sp³-hybridized carbons (Fsp3) is 0.0833. The maximum absolute atomic E-state index is 12.0. The van der Waals surface area contributed by atoms with Crippen LogP contribution >= 0.6 is 0 Å². The molecule has 1 heterocycles. The number of hydrogen-bond acceptors (Lipinski definition) is 4. The molecule has 0 aliphatic carbocycles. The van der Waals surface area contributed by atoms with Crippen molar-refractivity contribution in [1.82, 2.24) is 9.55 Å². The van der Waals surface area contributed by atoms with Crippen LogP contribution in [0.3, 0.4) is 0 Å². The summed E-state index contributed by atoms with van der Waals surface area (Å²) in [5.74, 6) is -0.589. The van der Waals surface area contributed by atoms with Gasteiger partial charge in [0.15, 0.2) is 0 Å². The van der Waals surface area contributed by atoms with Crippen LogP contribution < -0.4 is 10.3 Å². The second-order valence-corrected chi connectivity index (χ2v) is 3.49. The number of carbonyl (C=O) groups is 1. The van der Waals surface area contributed by atoms with E-state index in [1.807, 2.05) is 0 Å². The minimum Gasteiger partial charge on any atom is -0.497 e. The average molecular weight is 269 g/mol. The molecule has 0 unspecified atom stereocenters. The zero-order chi connectivity index (χ0) is 13.1. The molecule has 93 valence electrons. The molecule has 7 heteroatoms. The average Bonchev–Trinajstić information content (AvgIpc) is 2.37. The summed E-state index contributed by atoms with van der Waals surface area (Å²) in [6, 6.07) is 4.93. The Kier molecular flexibility index (Phi) is 5.29. The quantitative estimate of drug-likeness (QED) is 0.651. The number of carboxylic acids is 1. The Morgan fingerprint density at radius 1 is 1.47 bits per heavy atom. The SMILES string of the molecule is COc1ccc2ncn(C=CC(=O)O)c(=O)c2c1.[Na]. The van der Waals surface area contributed by atoms with E-state index in [1.165, 1.54) is 13.4 Å². The summed E-state index contributed by atoms with van der Waals surface area (Å²) in [5, 5.41) is 8.89. The predicted molar refractivity (Wildman–Crippen MR) is 71.3 cm³/mol. The molecule has 0 saturated heterocycles. The molecule has 1 N–H and O–H groups in total. The van der Waals surface area contributed by atoms with Crippen molar-refractivity contribution >= 4 is 52.6 Å². The van der Waals surface area contributed by atoms with Crippen molar-refractivity contribution in [3.8, 4) is 5.75 Å². The topological polar surface area (TPSA) is 81.4 Å². The summed E-state index contributed by atoms with van der Waals surface area (Å²) < 4.78 is 6.13. The van der Waals surface area contributed by atoms with Crippen LogP contribution in [0.2, 0.25) is 0 Å². The van der Waals surface area contributed by atoms with Crippen LogP contribution in [0.1, 0.15) is 0 Å². The maximum Gasteiger partial charge on any atom is 0.329 e. The van der Waals surface area contributed by atoms with Gasteiger partial charge in [0.1, 0.15) is 12.1 Å². The normalized spacial score (nSPS) is 10.4. The first kappa shape index (κ1) is 15.4. The predicted octanol–water partition coefficient (Wildman–Crippen LogP) is 0.580. The van der Waals surface area contributed by atoms with Gasteiger partial charge in [0.25, 0.3) is 5.56 Å². The van der Waals surface area contributed by atoms with Crippen molar-refractivity contribution < 1.29 is 14.6 Å². The third-order valence-corrected chi connectivity index (χ3v) is 2.37. The maximum atomic E-state index is 12.0. The Balaban J connectivity index is 0.00000180. The number of carboxylic acid groups (broad SMARTS) is 1. The molecule has 1 radical (unpaired) electrons. The minimum absolute atomic E-state index is 0. The number of nitrogens with zero attached hydrogens (tertiary/aromatic N) is 2. The Hall–Kier alpha value is -1.63. The van der Waals surface area contributed by atoms with E-state index < -0.39 is 5.97 Å². The molecule has 0 amide bonds. The second kappa shape index (κ2) is 6.51. The van der Waals surface area contributed by atoms with Gasteiger partial charge < -0.3 is 9.84 Å². The van der Waals surface area contributed by atoms with Crippen molar-refractivity contribution in [2.45, 2.75) is 0 Å². The molecule has 0 aliphatic heterocycles. The van der Waals surface area contributed by atoms with E-state index >= 15 is 0 Å². The first-order valence-electron chi connectivity index (χ1n) is 5.08. The Morgan fingerprint density at radius 2 is 2.21 bits per heavy atom. The molecule has 6 nitrogen and oxygen atoms in total. The zero-order valence-corrected chi connectivity index (χ0v) is 12.5. The van der Waals surface area contributed by atoms with E-state index in [9.17, 15) is 9.59 Å². The summed E-state index contributed by atoms with van der Waals surface area (Å²) in [5.41, 5.74) is 0.178. The molecule has 0 saturated carbocycles. The fourth-order valence-corrected chi connectivity index (χ4v) is 1.49. The molecule has 1 aromatic carbocycles. The van der Waals surface area contributed by atoms with E-state index in [0.717, 1.165) is 16.8 Å². The van der Waals surface area contributed by atoms with Crippen molar-refractivity contribution in [1.29, 1.82) is 0 Å². The van der Waals surface area contributed by atoms with Gasteiger partial charge in [-0.1, -0.05) is 0 Å². The van der Waals surface area contributed by atoms with Crippen LogP contribution in [0, 0.1) is 0 Å². The molecule has 2 aromatic rings. The fourth-order valence-electron chi connectivity index (χ4n) is 1.49. The van der Waals surface area contributed by atoms with Gasteiger partial charge >= 0.3 is 5.97 Å². The summed E-state index contributed by atoms with van der Waals surface area (Å²) in [6.07, 6.45) is 3.29. The second-order valence-electron chi connectivity index (χ2n) is 3.49. The molecule has 0 bridgehead atoms. The number of rotatable bonds is 3. The zero-order valence-electron chi connectivity index (χ0n) is 10.5. The molecule has 0 atom stereocenters. The van der Waals surface area contributed by atoms with Crippen molar-refractivity contribution in [3.63, 3.8) is 0 Å². The first-order valence-corrected chi connectivity index (χ1v) is 5.08. The third-order valence-electron chi connectivity index (χ3n) is 2.37. The van der Waals surface area contributed by atoms with Gasteiger partial charge in [0.2, 0.25) is 0 Å². The smallest absolute Gasteiger partial charge is 0.329 e. The standard InChI is InChI=1S/C12H10N2O4.Na/c1-18-8-2-3-10-9(6-8)12(17)14(7-13-10)5-4-11(15)16;/h2-7H,1H3,(H,15,16);. The molecule has 2 rings (SSSR count). The van der Waals surface area contributed by atoms with Gasteiger partial charge in [-0.05, 0) is 18.2 Å². The van der Waals surface area contributed by atoms with Gasteiger partial charge in [-0.2, -0.15) is 0 Å². The first-order chi connectivity index (χ1) is 8.61. The van der Waals surface area contributed by atoms with Gasteiger partial charge in [-0.3, -0.25) is 9.36 Å². The van der Waals surface area contributed by atoms with Gasteiger partial charge in [0, 0.05) is 41.8 Å². The number of benzene rings is 1. The number of hydrogen-bond donors (Lipinski definition) is 1. The van der Waals surface area contributed by atoms with E-state index in [1.54, 1.807) is 18.2 Å². The van der Waals surface area contributed by atoms with Gasteiger partial charge in [-0.25, -0.2) is 9.78 Å². The molecule has 0 fully saturated rings. The van der Waals surface area contributed by atoms with Crippen LogP contribution in [0.5, 0.6) is 5.75 Å². The summed E-state index contributed by atoms with van der Waals surface area (Å²) in [4.78, 5) is 26.5. The Bertz CT molecular complexity index is 694. The number of fused-ring (bicyclic) bond motifs is 1. The Labute approximate surface area is 130 Å². The van der Waals surface area contributed by atoms with E-state index in [4.69, 9.17) is 9.84 Å². The largest absolute Gasteiger partial charge is 0.497 e. The molecule has 19 heavy (non-hydrogen) atoms. The van der Waals surface area contributed by atoms with Crippen LogP contribution in [-0.2, 0) is 4.79 Å².